The Morgan fingerprint density at radius 3 is 1.28 bits per heavy atom. The first kappa shape index (κ1) is 28.9. The number of unbranched alkanes of at least 4 members (excludes halogenated alkanes) is 13. The molecule has 2 N–H and O–H groups in total. The maximum absolute atomic E-state index is 11.7. The van der Waals surface area contributed by atoms with E-state index in [-0.39, 0.29) is 6.10 Å². The quantitative estimate of drug-likeness (QED) is 0.137. The summed E-state index contributed by atoms with van der Waals surface area (Å²) < 4.78 is 32.8. The lowest BCUT2D eigenvalue weighted by Crippen LogP contribution is -2.20. The highest BCUT2D eigenvalue weighted by atomic mass is 32.2. The molecule has 0 aliphatic carbocycles. The molecule has 0 spiro atoms. The smallest absolute Gasteiger partial charge is 0.267 e. The van der Waals surface area contributed by atoms with Crippen molar-refractivity contribution in [3.63, 3.8) is 0 Å². The van der Waals surface area contributed by atoms with Crippen molar-refractivity contribution in [1.29, 1.82) is 0 Å². The Kier molecular flexibility index (Phi) is 19.7. The first-order valence-electron chi connectivity index (χ1n) is 12.6. The number of aliphatic hydroxyl groups is 1. The van der Waals surface area contributed by atoms with Gasteiger partial charge in [0.05, 0.1) is 11.4 Å². The lowest BCUT2D eigenvalue weighted by molar-refractivity contribution is 0.147. The van der Waals surface area contributed by atoms with E-state index in [9.17, 15) is 18.1 Å². The molecule has 0 fully saturated rings. The first-order chi connectivity index (χ1) is 13.9. The number of rotatable bonds is 22. The van der Waals surface area contributed by atoms with Crippen molar-refractivity contribution in [1.82, 2.24) is 0 Å². The van der Waals surface area contributed by atoms with Gasteiger partial charge in [0.15, 0.2) is 0 Å². The molecule has 2 atom stereocenters. The molecule has 0 radical (unpaired) electrons. The Labute approximate surface area is 182 Å². The molecule has 0 aliphatic rings. The van der Waals surface area contributed by atoms with Crippen molar-refractivity contribution in [2.75, 3.05) is 0 Å². The van der Waals surface area contributed by atoms with E-state index in [4.69, 9.17) is 0 Å². The monoisotopic (exact) mass is 434 g/mol. The van der Waals surface area contributed by atoms with Gasteiger partial charge in [-0.3, -0.25) is 4.55 Å². The van der Waals surface area contributed by atoms with Crippen LogP contribution in [0.3, 0.4) is 0 Å². The summed E-state index contributed by atoms with van der Waals surface area (Å²) in [6, 6.07) is 0. The highest BCUT2D eigenvalue weighted by molar-refractivity contribution is 7.86. The largest absolute Gasteiger partial charge is 0.393 e. The predicted molar refractivity (Wildman–Crippen MR) is 125 cm³/mol. The van der Waals surface area contributed by atoms with Crippen LogP contribution in [0.1, 0.15) is 142 Å². The Morgan fingerprint density at radius 1 is 0.552 bits per heavy atom. The Morgan fingerprint density at radius 2 is 0.862 bits per heavy atom. The van der Waals surface area contributed by atoms with E-state index in [2.05, 4.69) is 13.8 Å². The molecule has 0 aromatic heterocycles. The second-order valence-corrected chi connectivity index (χ2v) is 10.6. The van der Waals surface area contributed by atoms with E-state index in [0.29, 0.717) is 12.8 Å². The van der Waals surface area contributed by atoms with Gasteiger partial charge in [-0.25, -0.2) is 0 Å². The molecule has 0 aromatic rings. The molecule has 0 aliphatic heterocycles. The van der Waals surface area contributed by atoms with Gasteiger partial charge in [0.1, 0.15) is 0 Å². The standard InChI is InChI=1S/C24H50O4S/c1-3-5-7-9-10-11-12-13-17-21-24(29(26,27)28)22-18-14-16-20-23(25)19-15-8-6-4-2/h23-25H,3-22H2,1-2H3,(H,26,27,28). The van der Waals surface area contributed by atoms with Crippen molar-refractivity contribution in [3.8, 4) is 0 Å². The van der Waals surface area contributed by atoms with Crippen LogP contribution in [-0.4, -0.2) is 29.4 Å². The second-order valence-electron chi connectivity index (χ2n) is 8.90. The minimum Gasteiger partial charge on any atom is -0.393 e. The Balaban J connectivity index is 3.77. The van der Waals surface area contributed by atoms with Crippen LogP contribution in [0.15, 0.2) is 0 Å². The molecular weight excluding hydrogens is 384 g/mol. The summed E-state index contributed by atoms with van der Waals surface area (Å²) in [4.78, 5) is 0. The molecule has 0 rings (SSSR count). The summed E-state index contributed by atoms with van der Waals surface area (Å²) in [5.74, 6) is 0. The summed E-state index contributed by atoms with van der Waals surface area (Å²) in [6.07, 6.45) is 20.9. The van der Waals surface area contributed by atoms with Crippen LogP contribution in [0.2, 0.25) is 0 Å². The lowest BCUT2D eigenvalue weighted by Gasteiger charge is -2.14. The van der Waals surface area contributed by atoms with E-state index in [0.717, 1.165) is 51.4 Å². The second kappa shape index (κ2) is 19.8. The number of hydrogen-bond acceptors (Lipinski definition) is 3. The summed E-state index contributed by atoms with van der Waals surface area (Å²) in [5.41, 5.74) is 0. The van der Waals surface area contributed by atoms with Gasteiger partial charge >= 0.3 is 0 Å². The van der Waals surface area contributed by atoms with E-state index >= 15 is 0 Å². The zero-order valence-corrected chi connectivity index (χ0v) is 20.2. The lowest BCUT2D eigenvalue weighted by atomic mass is 10.0. The van der Waals surface area contributed by atoms with Gasteiger partial charge in [0.25, 0.3) is 10.1 Å². The van der Waals surface area contributed by atoms with Gasteiger partial charge < -0.3 is 5.11 Å². The van der Waals surface area contributed by atoms with Gasteiger partial charge in [0, 0.05) is 0 Å². The summed E-state index contributed by atoms with van der Waals surface area (Å²) in [7, 11) is -3.94. The van der Waals surface area contributed by atoms with Crippen LogP contribution in [0.4, 0.5) is 0 Å². The molecule has 0 saturated carbocycles. The number of aliphatic hydroxyl groups excluding tert-OH is 1. The fourth-order valence-electron chi connectivity index (χ4n) is 4.00. The topological polar surface area (TPSA) is 74.6 Å². The highest BCUT2D eigenvalue weighted by Crippen LogP contribution is 2.20. The molecule has 0 heterocycles. The van der Waals surface area contributed by atoms with Crippen LogP contribution in [0, 0.1) is 0 Å². The van der Waals surface area contributed by atoms with Gasteiger partial charge in [-0.15, -0.1) is 0 Å². The van der Waals surface area contributed by atoms with Crippen LogP contribution in [0.25, 0.3) is 0 Å². The van der Waals surface area contributed by atoms with Gasteiger partial charge in [0.2, 0.25) is 0 Å². The zero-order valence-electron chi connectivity index (χ0n) is 19.4. The van der Waals surface area contributed by atoms with Gasteiger partial charge in [-0.1, -0.05) is 117 Å². The maximum Gasteiger partial charge on any atom is 0.267 e. The van der Waals surface area contributed by atoms with Crippen molar-refractivity contribution < 1.29 is 18.1 Å². The van der Waals surface area contributed by atoms with Crippen LogP contribution >= 0.6 is 0 Å². The fourth-order valence-corrected chi connectivity index (χ4v) is 4.93. The maximum atomic E-state index is 11.7. The minimum absolute atomic E-state index is 0.216. The van der Waals surface area contributed by atoms with Crippen molar-refractivity contribution in [3.05, 3.63) is 0 Å². The predicted octanol–water partition coefficient (Wildman–Crippen LogP) is 7.45. The summed E-state index contributed by atoms with van der Waals surface area (Å²) >= 11 is 0. The van der Waals surface area contributed by atoms with Crippen LogP contribution in [0.5, 0.6) is 0 Å². The minimum atomic E-state index is -3.94. The molecule has 0 bridgehead atoms. The Hall–Kier alpha value is -0.130. The molecule has 0 saturated heterocycles. The molecular formula is C24H50O4S. The fraction of sp³-hybridized carbons (Fsp3) is 1.00. The zero-order chi connectivity index (χ0) is 21.8. The third-order valence-electron chi connectivity index (χ3n) is 6.01. The molecule has 4 nitrogen and oxygen atoms in total. The molecule has 29 heavy (non-hydrogen) atoms. The van der Waals surface area contributed by atoms with E-state index in [1.165, 1.54) is 64.2 Å². The van der Waals surface area contributed by atoms with Crippen LogP contribution in [-0.2, 0) is 10.1 Å². The number of hydrogen-bond donors (Lipinski definition) is 2. The third kappa shape index (κ3) is 19.6. The first-order valence-corrected chi connectivity index (χ1v) is 14.1. The molecule has 176 valence electrons. The average molecular weight is 435 g/mol. The molecule has 2 unspecified atom stereocenters. The van der Waals surface area contributed by atoms with Gasteiger partial charge in [-0.2, -0.15) is 8.42 Å². The third-order valence-corrected chi connectivity index (χ3v) is 7.32. The van der Waals surface area contributed by atoms with Crippen molar-refractivity contribution in [2.45, 2.75) is 154 Å². The average Bonchev–Trinajstić information content (AvgIpc) is 2.67. The summed E-state index contributed by atoms with van der Waals surface area (Å²) in [5, 5.41) is 9.39. The van der Waals surface area contributed by atoms with Gasteiger partial charge in [-0.05, 0) is 25.7 Å². The molecule has 5 heteroatoms. The van der Waals surface area contributed by atoms with E-state index in [1.807, 2.05) is 0 Å². The SMILES string of the molecule is CCCCCCCCCCCC(CCCCCC(O)CCCCCC)S(=O)(=O)O. The molecule has 0 amide bonds. The summed E-state index contributed by atoms with van der Waals surface area (Å²) in [6.45, 7) is 4.41. The molecule has 0 aromatic carbocycles. The Bertz CT molecular complexity index is 436. The van der Waals surface area contributed by atoms with Crippen molar-refractivity contribution >= 4 is 10.1 Å². The van der Waals surface area contributed by atoms with Crippen LogP contribution < -0.4 is 0 Å². The van der Waals surface area contributed by atoms with E-state index < -0.39 is 15.4 Å². The normalized spacial score (nSPS) is 14.2. The van der Waals surface area contributed by atoms with E-state index in [1.54, 1.807) is 0 Å². The highest BCUT2D eigenvalue weighted by Gasteiger charge is 2.21. The van der Waals surface area contributed by atoms with Crippen molar-refractivity contribution in [2.24, 2.45) is 0 Å².